The number of nitrogens with one attached hydrogen (secondary N) is 4. The van der Waals surface area contributed by atoms with Gasteiger partial charge in [0.2, 0.25) is 11.8 Å². The van der Waals surface area contributed by atoms with E-state index >= 15 is 0 Å². The number of urea groups is 1. The van der Waals surface area contributed by atoms with Crippen LogP contribution in [0, 0.1) is 5.92 Å². The van der Waals surface area contributed by atoms with Gasteiger partial charge in [-0.15, -0.1) is 0 Å². The molecular formula is C23H26N4O4. The van der Waals surface area contributed by atoms with Gasteiger partial charge in [-0.3, -0.25) is 19.7 Å². The molecule has 5 amide bonds. The molecule has 2 atom stereocenters. The third-order valence-electron chi connectivity index (χ3n) is 5.23. The van der Waals surface area contributed by atoms with Gasteiger partial charge < -0.3 is 16.0 Å². The second-order valence-electron chi connectivity index (χ2n) is 8.05. The number of imide groups is 1. The van der Waals surface area contributed by atoms with Gasteiger partial charge in [-0.1, -0.05) is 56.3 Å². The molecular weight excluding hydrogens is 396 g/mol. The Morgan fingerprint density at radius 1 is 1.03 bits per heavy atom. The molecule has 1 fully saturated rings. The van der Waals surface area contributed by atoms with Crippen LogP contribution in [0.3, 0.4) is 0 Å². The molecule has 0 spiro atoms. The summed E-state index contributed by atoms with van der Waals surface area (Å²) in [6.45, 7) is 5.29. The molecule has 1 aliphatic rings. The topological polar surface area (TPSA) is 116 Å². The van der Waals surface area contributed by atoms with E-state index in [-0.39, 0.29) is 24.2 Å². The maximum absolute atomic E-state index is 12.9. The average molecular weight is 422 g/mol. The number of benzene rings is 2. The molecule has 8 heteroatoms. The monoisotopic (exact) mass is 422 g/mol. The first-order valence-corrected chi connectivity index (χ1v) is 10.1. The number of carbonyl (C=O) groups is 4. The lowest BCUT2D eigenvalue weighted by molar-refractivity contribution is -0.127. The van der Waals surface area contributed by atoms with Crippen LogP contribution in [0.2, 0.25) is 0 Å². The fraction of sp³-hybridized carbons (Fsp3) is 0.304. The molecule has 1 aliphatic heterocycles. The van der Waals surface area contributed by atoms with E-state index < -0.39 is 23.5 Å². The van der Waals surface area contributed by atoms with Gasteiger partial charge in [-0.25, -0.2) is 4.79 Å². The molecule has 2 aromatic carbocycles. The number of carbonyl (C=O) groups excluding carboxylic acids is 4. The van der Waals surface area contributed by atoms with E-state index in [2.05, 4.69) is 21.3 Å². The van der Waals surface area contributed by atoms with Crippen molar-refractivity contribution in [3.05, 3.63) is 65.7 Å². The van der Waals surface area contributed by atoms with Crippen LogP contribution in [-0.2, 0) is 26.3 Å². The minimum Gasteiger partial charge on any atom is -0.344 e. The second kappa shape index (κ2) is 8.99. The number of rotatable bonds is 7. The molecule has 2 unspecified atom stereocenters. The molecule has 0 aromatic heterocycles. The summed E-state index contributed by atoms with van der Waals surface area (Å²) in [5.74, 6) is -1.21. The lowest BCUT2D eigenvalue weighted by Gasteiger charge is -2.24. The Morgan fingerprint density at radius 2 is 1.74 bits per heavy atom. The number of amides is 5. The lowest BCUT2D eigenvalue weighted by atomic mass is 9.92. The maximum Gasteiger partial charge on any atom is 0.322 e. The summed E-state index contributed by atoms with van der Waals surface area (Å²) in [5.41, 5.74) is 0.628. The molecule has 31 heavy (non-hydrogen) atoms. The minimum absolute atomic E-state index is 0.139. The van der Waals surface area contributed by atoms with Crippen molar-refractivity contribution < 1.29 is 19.2 Å². The van der Waals surface area contributed by atoms with Crippen molar-refractivity contribution in [3.8, 4) is 0 Å². The van der Waals surface area contributed by atoms with E-state index in [1.807, 2.05) is 44.2 Å². The summed E-state index contributed by atoms with van der Waals surface area (Å²) >= 11 is 0. The van der Waals surface area contributed by atoms with Gasteiger partial charge in [0.1, 0.15) is 11.6 Å². The fourth-order valence-electron chi connectivity index (χ4n) is 3.42. The number of hydrogen-bond donors (Lipinski definition) is 4. The molecule has 0 bridgehead atoms. The molecule has 8 nitrogen and oxygen atoms in total. The maximum atomic E-state index is 12.9. The second-order valence-corrected chi connectivity index (χ2v) is 8.05. The van der Waals surface area contributed by atoms with Crippen molar-refractivity contribution in [2.45, 2.75) is 38.8 Å². The van der Waals surface area contributed by atoms with Crippen LogP contribution in [0.1, 0.15) is 31.9 Å². The zero-order valence-electron chi connectivity index (χ0n) is 17.7. The molecule has 2 aromatic rings. The van der Waals surface area contributed by atoms with Crippen molar-refractivity contribution in [3.63, 3.8) is 0 Å². The smallest absolute Gasteiger partial charge is 0.322 e. The molecule has 1 heterocycles. The van der Waals surface area contributed by atoms with E-state index in [9.17, 15) is 19.2 Å². The Morgan fingerprint density at radius 3 is 2.35 bits per heavy atom. The van der Waals surface area contributed by atoms with Crippen molar-refractivity contribution >= 4 is 29.4 Å². The van der Waals surface area contributed by atoms with E-state index in [4.69, 9.17) is 0 Å². The molecule has 3 rings (SSSR count). The van der Waals surface area contributed by atoms with Crippen molar-refractivity contribution in [2.75, 3.05) is 5.32 Å². The molecule has 4 N–H and O–H groups in total. The van der Waals surface area contributed by atoms with Crippen molar-refractivity contribution in [1.29, 1.82) is 0 Å². The van der Waals surface area contributed by atoms with Gasteiger partial charge >= 0.3 is 6.03 Å². The standard InChI is InChI=1S/C23H26N4O4/c1-14(2)19(25-18(28)12-15-8-5-4-6-9-15)20(29)24-17-11-7-10-16(13-17)23(3)21(30)26-22(31)27-23/h4-11,13-14,19H,12H2,1-3H3,(H,24,29)(H,25,28)(H2,26,27,30,31). The Bertz CT molecular complexity index is 1010. The Hall–Kier alpha value is -3.68. The molecule has 162 valence electrons. The SMILES string of the molecule is CC(C)C(NC(=O)Cc1ccccc1)C(=O)Nc1cccc(C2(C)NC(=O)NC2=O)c1. The Labute approximate surface area is 180 Å². The molecule has 1 saturated heterocycles. The summed E-state index contributed by atoms with van der Waals surface area (Å²) < 4.78 is 0. The van der Waals surface area contributed by atoms with Gasteiger partial charge in [0.25, 0.3) is 5.91 Å². The first-order chi connectivity index (χ1) is 14.7. The fourth-order valence-corrected chi connectivity index (χ4v) is 3.42. The average Bonchev–Trinajstić information content (AvgIpc) is 2.99. The third-order valence-corrected chi connectivity index (χ3v) is 5.23. The normalized spacial score (nSPS) is 18.8. The third kappa shape index (κ3) is 5.09. The van der Waals surface area contributed by atoms with Gasteiger partial charge in [-0.2, -0.15) is 0 Å². The van der Waals surface area contributed by atoms with E-state index in [1.165, 1.54) is 0 Å². The highest BCUT2D eigenvalue weighted by molar-refractivity contribution is 6.07. The Balaban J connectivity index is 1.70. The van der Waals surface area contributed by atoms with Crippen LogP contribution < -0.4 is 21.3 Å². The molecule has 0 aliphatic carbocycles. The van der Waals surface area contributed by atoms with Crippen LogP contribution in [-0.4, -0.2) is 29.8 Å². The summed E-state index contributed by atoms with van der Waals surface area (Å²) in [7, 11) is 0. The highest BCUT2D eigenvalue weighted by Crippen LogP contribution is 2.26. The summed E-state index contributed by atoms with van der Waals surface area (Å²) in [6, 6.07) is 14.7. The predicted octanol–water partition coefficient (Wildman–Crippen LogP) is 2.06. The summed E-state index contributed by atoms with van der Waals surface area (Å²) in [6.07, 6.45) is 0.181. The van der Waals surface area contributed by atoms with Crippen LogP contribution in [0.4, 0.5) is 10.5 Å². The lowest BCUT2D eigenvalue weighted by Crippen LogP contribution is -2.47. The largest absolute Gasteiger partial charge is 0.344 e. The first kappa shape index (κ1) is 22.0. The van der Waals surface area contributed by atoms with Crippen molar-refractivity contribution in [1.82, 2.24) is 16.0 Å². The highest BCUT2D eigenvalue weighted by Gasteiger charge is 2.43. The predicted molar refractivity (Wildman–Crippen MR) is 116 cm³/mol. The zero-order valence-corrected chi connectivity index (χ0v) is 17.7. The minimum atomic E-state index is -1.22. The van der Waals surface area contributed by atoms with Gasteiger partial charge in [0.15, 0.2) is 0 Å². The van der Waals surface area contributed by atoms with Crippen LogP contribution in [0.5, 0.6) is 0 Å². The molecule has 0 radical (unpaired) electrons. The Kier molecular flexibility index (Phi) is 6.39. The van der Waals surface area contributed by atoms with E-state index in [0.717, 1.165) is 5.56 Å². The van der Waals surface area contributed by atoms with Crippen LogP contribution >= 0.6 is 0 Å². The molecule has 0 saturated carbocycles. The van der Waals surface area contributed by atoms with E-state index in [1.54, 1.807) is 31.2 Å². The zero-order chi connectivity index (χ0) is 22.6. The first-order valence-electron chi connectivity index (χ1n) is 10.1. The van der Waals surface area contributed by atoms with Gasteiger partial charge in [0, 0.05) is 5.69 Å². The van der Waals surface area contributed by atoms with Gasteiger partial charge in [-0.05, 0) is 36.1 Å². The number of hydrogen-bond acceptors (Lipinski definition) is 4. The van der Waals surface area contributed by atoms with Crippen molar-refractivity contribution in [2.24, 2.45) is 5.92 Å². The quantitative estimate of drug-likeness (QED) is 0.511. The summed E-state index contributed by atoms with van der Waals surface area (Å²) in [4.78, 5) is 49.1. The van der Waals surface area contributed by atoms with E-state index in [0.29, 0.717) is 11.3 Å². The number of anilines is 1. The summed E-state index contributed by atoms with van der Waals surface area (Å²) in [5, 5.41) is 10.4. The van der Waals surface area contributed by atoms with Gasteiger partial charge in [0.05, 0.1) is 6.42 Å². The van der Waals surface area contributed by atoms with Crippen LogP contribution in [0.25, 0.3) is 0 Å². The van der Waals surface area contributed by atoms with Crippen LogP contribution in [0.15, 0.2) is 54.6 Å². The highest BCUT2D eigenvalue weighted by atomic mass is 16.2.